The van der Waals surface area contributed by atoms with Crippen LogP contribution in [-0.4, -0.2) is 87.5 Å². The SMILES string of the molecule is CC/C=C\C/C=C\C/C=C\C/C=C\CCCCCCCCCCCCCCCCCCCCC(=O)NC(COC1OC(CO)C(O)C(O)C1O)C(O)/C=C/CCCCCCCCCCCCCCCCCCCCCCCCCCCCC. The van der Waals surface area contributed by atoms with E-state index in [1.165, 1.54) is 263 Å². The van der Waals surface area contributed by atoms with E-state index in [9.17, 15) is 30.3 Å². The third-order valence-corrected chi connectivity index (χ3v) is 17.1. The number of ether oxygens (including phenoxy) is 2. The van der Waals surface area contributed by atoms with E-state index < -0.39 is 49.5 Å². The monoisotopic (exact) mass is 1170 g/mol. The van der Waals surface area contributed by atoms with Crippen LogP contribution >= 0.6 is 0 Å². The van der Waals surface area contributed by atoms with Crippen molar-refractivity contribution >= 4 is 5.91 Å². The summed E-state index contributed by atoms with van der Waals surface area (Å²) in [6.45, 7) is 3.72. The zero-order valence-electron chi connectivity index (χ0n) is 54.5. The lowest BCUT2D eigenvalue weighted by atomic mass is 9.99. The highest BCUT2D eigenvalue weighted by molar-refractivity contribution is 5.76. The van der Waals surface area contributed by atoms with Gasteiger partial charge in [-0.1, -0.05) is 344 Å². The van der Waals surface area contributed by atoms with Crippen LogP contribution < -0.4 is 5.32 Å². The normalized spacial score (nSPS) is 18.6. The summed E-state index contributed by atoms with van der Waals surface area (Å²) in [5, 5.41) is 54.8. The Labute approximate surface area is 513 Å². The first-order chi connectivity index (χ1) is 40.8. The first-order valence-corrected chi connectivity index (χ1v) is 36.0. The van der Waals surface area contributed by atoms with E-state index in [1.54, 1.807) is 6.08 Å². The minimum atomic E-state index is -1.57. The molecule has 0 aromatic carbocycles. The van der Waals surface area contributed by atoms with Crippen LogP contribution in [0, 0.1) is 0 Å². The number of carbonyl (C=O) groups is 1. The standard InChI is InChI=1S/C74H137NO8/c1-3-5-7-9-11-13-15-17-19-21-23-25-27-29-31-33-34-36-38-40-42-44-46-48-50-52-54-56-58-60-62-64-70(78)75-67(66-82-74-73(81)72(80)71(79)69(65-76)83-74)68(77)63-61-59-57-55-53-51-49-47-45-43-41-39-37-35-32-30-28-26-24-22-20-18-16-14-12-10-8-6-4-2/h5,7,11,13,17,19,23,25,61,63,67-69,71-74,76-77,79-81H,3-4,6,8-10,12,14-16,18,20-22,24,26-60,62,64-66H2,1-2H3,(H,75,78)/b7-5-,13-11-,19-17-,25-23-,63-61+. The second-order valence-electron chi connectivity index (χ2n) is 25.0. The van der Waals surface area contributed by atoms with E-state index in [-0.39, 0.29) is 12.5 Å². The number of nitrogens with one attached hydrogen (secondary N) is 1. The Morgan fingerprint density at radius 1 is 0.422 bits per heavy atom. The number of allylic oxidation sites excluding steroid dienone is 9. The summed E-state index contributed by atoms with van der Waals surface area (Å²) in [6.07, 6.45) is 80.5. The number of hydrogen-bond acceptors (Lipinski definition) is 8. The van der Waals surface area contributed by atoms with Crippen molar-refractivity contribution in [2.75, 3.05) is 13.2 Å². The first kappa shape index (κ1) is 78.9. The van der Waals surface area contributed by atoms with Crippen LogP contribution in [0.25, 0.3) is 0 Å². The molecule has 1 aliphatic rings. The van der Waals surface area contributed by atoms with Crippen LogP contribution in [0.1, 0.15) is 348 Å². The second kappa shape index (κ2) is 62.9. The van der Waals surface area contributed by atoms with Gasteiger partial charge in [0.2, 0.25) is 5.91 Å². The molecule has 1 aliphatic heterocycles. The average Bonchev–Trinajstić information content (AvgIpc) is 3.61. The molecule has 0 aliphatic carbocycles. The van der Waals surface area contributed by atoms with Gasteiger partial charge in [0, 0.05) is 6.42 Å². The van der Waals surface area contributed by atoms with Crippen molar-refractivity contribution in [2.45, 2.75) is 391 Å². The second-order valence-corrected chi connectivity index (χ2v) is 25.0. The highest BCUT2D eigenvalue weighted by Crippen LogP contribution is 2.23. The molecule has 1 amide bonds. The summed E-state index contributed by atoms with van der Waals surface area (Å²) in [5.41, 5.74) is 0. The molecule has 9 nitrogen and oxygen atoms in total. The molecule has 0 bridgehead atoms. The topological polar surface area (TPSA) is 149 Å². The Hall–Kier alpha value is -2.11. The molecule has 7 atom stereocenters. The summed E-state index contributed by atoms with van der Waals surface area (Å²) in [6, 6.07) is -0.807. The van der Waals surface area contributed by atoms with Gasteiger partial charge in [-0.25, -0.2) is 0 Å². The first-order valence-electron chi connectivity index (χ1n) is 36.0. The maximum atomic E-state index is 13.1. The van der Waals surface area contributed by atoms with Crippen LogP contribution in [0.4, 0.5) is 0 Å². The molecule has 1 rings (SSSR count). The fourth-order valence-corrected chi connectivity index (χ4v) is 11.5. The Balaban J connectivity index is 2.11. The molecule has 0 saturated carbocycles. The van der Waals surface area contributed by atoms with Gasteiger partial charge < -0.3 is 40.3 Å². The number of hydrogen-bond donors (Lipinski definition) is 6. The number of carbonyl (C=O) groups excluding carboxylic acids is 1. The number of aliphatic hydroxyl groups excluding tert-OH is 5. The fourth-order valence-electron chi connectivity index (χ4n) is 11.5. The molecule has 0 spiro atoms. The third-order valence-electron chi connectivity index (χ3n) is 17.1. The molecule has 9 heteroatoms. The van der Waals surface area contributed by atoms with Crippen LogP contribution in [0.3, 0.4) is 0 Å². The lowest BCUT2D eigenvalue weighted by molar-refractivity contribution is -0.302. The molecule has 0 aromatic heterocycles. The largest absolute Gasteiger partial charge is 0.394 e. The van der Waals surface area contributed by atoms with Crippen LogP contribution in [-0.2, 0) is 14.3 Å². The predicted molar refractivity (Wildman–Crippen MR) is 355 cm³/mol. The van der Waals surface area contributed by atoms with Gasteiger partial charge in [-0.15, -0.1) is 0 Å². The van der Waals surface area contributed by atoms with Crippen molar-refractivity contribution in [3.8, 4) is 0 Å². The summed E-state index contributed by atoms with van der Waals surface area (Å²) < 4.78 is 11.3. The molecule has 1 saturated heterocycles. The van der Waals surface area contributed by atoms with Gasteiger partial charge in [-0.05, 0) is 57.8 Å². The van der Waals surface area contributed by atoms with E-state index in [1.807, 2.05) is 6.08 Å². The van der Waals surface area contributed by atoms with Gasteiger partial charge in [0.1, 0.15) is 24.4 Å². The van der Waals surface area contributed by atoms with Gasteiger partial charge >= 0.3 is 0 Å². The lowest BCUT2D eigenvalue weighted by Crippen LogP contribution is -2.60. The average molecular weight is 1170 g/mol. The van der Waals surface area contributed by atoms with Crippen molar-refractivity contribution in [1.29, 1.82) is 0 Å². The molecular weight excluding hydrogens is 1030 g/mol. The maximum absolute atomic E-state index is 13.1. The van der Waals surface area contributed by atoms with E-state index in [4.69, 9.17) is 9.47 Å². The summed E-state index contributed by atoms with van der Waals surface area (Å²) in [5.74, 6) is -0.172. The van der Waals surface area contributed by atoms with Crippen LogP contribution in [0.15, 0.2) is 60.8 Å². The van der Waals surface area contributed by atoms with Crippen LogP contribution in [0.2, 0.25) is 0 Å². The summed E-state index contributed by atoms with van der Waals surface area (Å²) in [4.78, 5) is 13.1. The predicted octanol–water partition coefficient (Wildman–Crippen LogP) is 19.8. The van der Waals surface area contributed by atoms with E-state index in [2.05, 4.69) is 67.8 Å². The highest BCUT2D eigenvalue weighted by Gasteiger charge is 2.44. The number of amides is 1. The fraction of sp³-hybridized carbons (Fsp3) is 0.851. The number of unbranched alkanes of at least 4 members (excludes halogenated alkanes) is 45. The molecule has 0 radical (unpaired) electrons. The van der Waals surface area contributed by atoms with Crippen molar-refractivity contribution in [2.24, 2.45) is 0 Å². The summed E-state index contributed by atoms with van der Waals surface area (Å²) in [7, 11) is 0. The van der Waals surface area contributed by atoms with Crippen molar-refractivity contribution in [3.63, 3.8) is 0 Å². The van der Waals surface area contributed by atoms with E-state index in [0.29, 0.717) is 6.42 Å². The molecule has 1 fully saturated rings. The lowest BCUT2D eigenvalue weighted by Gasteiger charge is -2.40. The van der Waals surface area contributed by atoms with Gasteiger partial charge in [-0.2, -0.15) is 0 Å². The number of rotatable bonds is 63. The van der Waals surface area contributed by atoms with Gasteiger partial charge in [0.05, 0.1) is 25.4 Å². The van der Waals surface area contributed by atoms with Gasteiger partial charge in [-0.3, -0.25) is 4.79 Å². The molecule has 486 valence electrons. The molecule has 0 aromatic rings. The Morgan fingerprint density at radius 2 is 0.747 bits per heavy atom. The highest BCUT2D eigenvalue weighted by atomic mass is 16.7. The minimum Gasteiger partial charge on any atom is -0.394 e. The number of aliphatic hydroxyl groups is 5. The van der Waals surface area contributed by atoms with E-state index in [0.717, 1.165) is 64.2 Å². The minimum absolute atomic E-state index is 0.172. The smallest absolute Gasteiger partial charge is 0.220 e. The molecule has 7 unspecified atom stereocenters. The zero-order chi connectivity index (χ0) is 60.0. The van der Waals surface area contributed by atoms with Crippen molar-refractivity contribution in [3.05, 3.63) is 60.8 Å². The quantitative estimate of drug-likeness (QED) is 0.0261. The Morgan fingerprint density at radius 3 is 1.11 bits per heavy atom. The van der Waals surface area contributed by atoms with Gasteiger partial charge in [0.25, 0.3) is 0 Å². The van der Waals surface area contributed by atoms with E-state index >= 15 is 0 Å². The molecule has 1 heterocycles. The Kier molecular flexibility index (Phi) is 59.8. The van der Waals surface area contributed by atoms with Gasteiger partial charge in [0.15, 0.2) is 6.29 Å². The van der Waals surface area contributed by atoms with Crippen LogP contribution in [0.5, 0.6) is 0 Å². The molecule has 83 heavy (non-hydrogen) atoms. The molecular formula is C74H137NO8. The Bertz CT molecular complexity index is 1500. The van der Waals surface area contributed by atoms with Crippen molar-refractivity contribution < 1.29 is 39.8 Å². The third kappa shape index (κ3) is 51.6. The zero-order valence-corrected chi connectivity index (χ0v) is 54.5. The van der Waals surface area contributed by atoms with Crippen molar-refractivity contribution in [1.82, 2.24) is 5.32 Å². The molecule has 6 N–H and O–H groups in total. The maximum Gasteiger partial charge on any atom is 0.220 e. The summed E-state index contributed by atoms with van der Waals surface area (Å²) >= 11 is 0.